The monoisotopic (exact) mass is 319 g/mol. The Morgan fingerprint density at radius 2 is 1.87 bits per heavy atom. The number of piperazine rings is 1. The Kier molecular flexibility index (Phi) is 3.96. The van der Waals surface area contributed by atoms with Crippen molar-refractivity contribution in [3.8, 4) is 0 Å². The van der Waals surface area contributed by atoms with Crippen LogP contribution in [0.5, 0.6) is 0 Å². The van der Waals surface area contributed by atoms with Gasteiger partial charge in [-0.25, -0.2) is 0 Å². The molecule has 2 heterocycles. The fraction of sp³-hybridized carbons (Fsp3) is 0.647. The van der Waals surface area contributed by atoms with Crippen LogP contribution in [-0.4, -0.2) is 59.9 Å². The van der Waals surface area contributed by atoms with Gasteiger partial charge in [0.15, 0.2) is 5.76 Å². The lowest BCUT2D eigenvalue weighted by atomic mass is 9.75. The van der Waals surface area contributed by atoms with Crippen molar-refractivity contribution in [2.24, 2.45) is 10.6 Å². The number of carbonyl (C=O) groups is 1. The molecular formula is C17H25N3O3. The van der Waals surface area contributed by atoms with E-state index in [1.54, 1.807) is 0 Å². The SMILES string of the molecule is Cc1c(C(=O)N2CCN(C)CC2)oc2c1/C(=N/O)CC(C)(C)C2. The summed E-state index contributed by atoms with van der Waals surface area (Å²) in [6.07, 6.45) is 1.43. The molecule has 0 bridgehead atoms. The fourth-order valence-electron chi connectivity index (χ4n) is 3.56. The highest BCUT2D eigenvalue weighted by molar-refractivity contribution is 6.06. The van der Waals surface area contributed by atoms with E-state index in [9.17, 15) is 10.0 Å². The average Bonchev–Trinajstić information content (AvgIpc) is 2.82. The summed E-state index contributed by atoms with van der Waals surface area (Å²) < 4.78 is 5.95. The van der Waals surface area contributed by atoms with Crippen LogP contribution in [0, 0.1) is 12.3 Å². The van der Waals surface area contributed by atoms with Crippen LogP contribution in [0.3, 0.4) is 0 Å². The highest BCUT2D eigenvalue weighted by atomic mass is 16.4. The van der Waals surface area contributed by atoms with Crippen molar-refractivity contribution >= 4 is 11.6 Å². The zero-order valence-electron chi connectivity index (χ0n) is 14.3. The van der Waals surface area contributed by atoms with E-state index < -0.39 is 0 Å². The van der Waals surface area contributed by atoms with E-state index in [4.69, 9.17) is 4.42 Å². The summed E-state index contributed by atoms with van der Waals surface area (Å²) in [6, 6.07) is 0. The number of nitrogens with zero attached hydrogens (tertiary/aromatic N) is 3. The summed E-state index contributed by atoms with van der Waals surface area (Å²) in [5.41, 5.74) is 2.21. The van der Waals surface area contributed by atoms with Gasteiger partial charge in [0.05, 0.1) is 5.71 Å². The molecule has 1 aromatic rings. The molecule has 2 aliphatic rings. The van der Waals surface area contributed by atoms with E-state index in [1.165, 1.54) is 0 Å². The van der Waals surface area contributed by atoms with Gasteiger partial charge in [-0.05, 0) is 25.8 Å². The molecule has 0 radical (unpaired) electrons. The molecule has 1 aliphatic carbocycles. The van der Waals surface area contributed by atoms with Gasteiger partial charge in [0, 0.05) is 43.7 Å². The lowest BCUT2D eigenvalue weighted by molar-refractivity contribution is 0.0628. The molecule has 1 saturated heterocycles. The highest BCUT2D eigenvalue weighted by Gasteiger charge is 2.37. The van der Waals surface area contributed by atoms with Gasteiger partial charge in [0.2, 0.25) is 0 Å². The summed E-state index contributed by atoms with van der Waals surface area (Å²) in [7, 11) is 2.06. The number of carbonyl (C=O) groups excluding carboxylic acids is 1. The molecule has 1 N–H and O–H groups in total. The first-order valence-corrected chi connectivity index (χ1v) is 8.14. The Balaban J connectivity index is 1.94. The summed E-state index contributed by atoms with van der Waals surface area (Å²) in [5.74, 6) is 1.11. The molecule has 1 aliphatic heterocycles. The van der Waals surface area contributed by atoms with Gasteiger partial charge in [-0.15, -0.1) is 0 Å². The van der Waals surface area contributed by atoms with Crippen molar-refractivity contribution in [2.75, 3.05) is 33.2 Å². The van der Waals surface area contributed by atoms with Crippen LogP contribution in [-0.2, 0) is 6.42 Å². The quantitative estimate of drug-likeness (QED) is 0.636. The number of hydrogen-bond donors (Lipinski definition) is 1. The number of amides is 1. The molecule has 23 heavy (non-hydrogen) atoms. The first kappa shape index (κ1) is 16.1. The van der Waals surface area contributed by atoms with Gasteiger partial charge >= 0.3 is 0 Å². The van der Waals surface area contributed by atoms with Crippen molar-refractivity contribution in [2.45, 2.75) is 33.6 Å². The van der Waals surface area contributed by atoms with E-state index in [1.807, 2.05) is 11.8 Å². The number of oxime groups is 1. The maximum absolute atomic E-state index is 12.8. The minimum atomic E-state index is -0.0555. The molecule has 1 amide bonds. The van der Waals surface area contributed by atoms with Crippen LogP contribution < -0.4 is 0 Å². The molecule has 0 unspecified atom stereocenters. The summed E-state index contributed by atoms with van der Waals surface area (Å²) in [4.78, 5) is 16.9. The maximum atomic E-state index is 12.8. The standard InChI is InChI=1S/C17H25N3O3/c1-11-14-12(18-22)9-17(2,3)10-13(14)23-15(11)16(21)20-7-5-19(4)6-8-20/h22H,5-10H2,1-4H3/b18-12+. The molecule has 6 heteroatoms. The third-order valence-electron chi connectivity index (χ3n) is 4.90. The highest BCUT2D eigenvalue weighted by Crippen LogP contribution is 2.39. The van der Waals surface area contributed by atoms with Crippen molar-refractivity contribution in [3.63, 3.8) is 0 Å². The first-order chi connectivity index (χ1) is 10.8. The van der Waals surface area contributed by atoms with Gasteiger partial charge in [-0.3, -0.25) is 4.79 Å². The Labute approximate surface area is 136 Å². The zero-order valence-corrected chi connectivity index (χ0v) is 14.3. The summed E-state index contributed by atoms with van der Waals surface area (Å²) >= 11 is 0. The third-order valence-corrected chi connectivity index (χ3v) is 4.90. The van der Waals surface area contributed by atoms with E-state index in [0.29, 0.717) is 31.0 Å². The number of likely N-dealkylation sites (N-methyl/N-ethyl adjacent to an activating group) is 1. The predicted octanol–water partition coefficient (Wildman–Crippen LogP) is 2.13. The lowest BCUT2D eigenvalue weighted by Gasteiger charge is -2.31. The Hall–Kier alpha value is -1.82. The molecule has 0 aromatic carbocycles. The van der Waals surface area contributed by atoms with Crippen LogP contribution in [0.2, 0.25) is 0 Å². The van der Waals surface area contributed by atoms with Gasteiger partial charge < -0.3 is 19.4 Å². The lowest BCUT2D eigenvalue weighted by Crippen LogP contribution is -2.47. The Bertz CT molecular complexity index is 652. The third kappa shape index (κ3) is 2.87. The number of furan rings is 1. The maximum Gasteiger partial charge on any atom is 0.289 e. The van der Waals surface area contributed by atoms with Crippen LogP contribution >= 0.6 is 0 Å². The van der Waals surface area contributed by atoms with Crippen LogP contribution in [0.25, 0.3) is 0 Å². The van der Waals surface area contributed by atoms with Gasteiger partial charge in [0.1, 0.15) is 5.76 Å². The molecule has 126 valence electrons. The largest absolute Gasteiger partial charge is 0.455 e. The Morgan fingerprint density at radius 1 is 1.22 bits per heavy atom. The summed E-state index contributed by atoms with van der Waals surface area (Å²) in [6.45, 7) is 9.29. The van der Waals surface area contributed by atoms with E-state index >= 15 is 0 Å². The zero-order chi connectivity index (χ0) is 16.8. The van der Waals surface area contributed by atoms with Crippen LogP contribution in [0.4, 0.5) is 0 Å². The van der Waals surface area contributed by atoms with Crippen LogP contribution in [0.1, 0.15) is 47.7 Å². The molecule has 1 aromatic heterocycles. The molecule has 1 fully saturated rings. The minimum Gasteiger partial charge on any atom is -0.455 e. The Morgan fingerprint density at radius 3 is 2.48 bits per heavy atom. The van der Waals surface area contributed by atoms with Crippen molar-refractivity contribution in [1.29, 1.82) is 0 Å². The predicted molar refractivity (Wildman–Crippen MR) is 87.3 cm³/mol. The second-order valence-corrected chi connectivity index (χ2v) is 7.51. The van der Waals surface area contributed by atoms with Crippen LogP contribution in [0.15, 0.2) is 9.57 Å². The normalized spacial score (nSPS) is 23.1. The molecule has 0 saturated carbocycles. The number of fused-ring (bicyclic) bond motifs is 1. The minimum absolute atomic E-state index is 0.0347. The number of rotatable bonds is 1. The molecule has 6 nitrogen and oxygen atoms in total. The fourth-order valence-corrected chi connectivity index (χ4v) is 3.56. The van der Waals surface area contributed by atoms with Gasteiger partial charge in [0.25, 0.3) is 5.91 Å². The molecule has 3 rings (SSSR count). The average molecular weight is 319 g/mol. The molecule has 0 spiro atoms. The molecule has 0 atom stereocenters. The molecular weight excluding hydrogens is 294 g/mol. The van der Waals surface area contributed by atoms with E-state index in [2.05, 4.69) is 31.0 Å². The second-order valence-electron chi connectivity index (χ2n) is 7.51. The number of hydrogen-bond acceptors (Lipinski definition) is 5. The van der Waals surface area contributed by atoms with Crippen molar-refractivity contribution in [1.82, 2.24) is 9.80 Å². The van der Waals surface area contributed by atoms with Gasteiger partial charge in [-0.1, -0.05) is 19.0 Å². The second kappa shape index (κ2) is 5.67. The van der Waals surface area contributed by atoms with E-state index in [0.717, 1.165) is 36.4 Å². The smallest absolute Gasteiger partial charge is 0.289 e. The van der Waals surface area contributed by atoms with E-state index in [-0.39, 0.29) is 11.3 Å². The first-order valence-electron chi connectivity index (χ1n) is 8.14. The summed E-state index contributed by atoms with van der Waals surface area (Å²) in [5, 5.41) is 12.8. The van der Waals surface area contributed by atoms with Gasteiger partial charge in [-0.2, -0.15) is 0 Å². The topological polar surface area (TPSA) is 69.3 Å². The van der Waals surface area contributed by atoms with Crippen molar-refractivity contribution in [3.05, 3.63) is 22.6 Å². The van der Waals surface area contributed by atoms with Crippen molar-refractivity contribution < 1.29 is 14.4 Å².